The van der Waals surface area contributed by atoms with Gasteiger partial charge in [0.15, 0.2) is 0 Å². The van der Waals surface area contributed by atoms with Gasteiger partial charge in [0.05, 0.1) is 36.6 Å². The molecule has 1 atom stereocenters. The maximum absolute atomic E-state index is 6.20. The minimum Gasteiger partial charge on any atom is -0.496 e. The Morgan fingerprint density at radius 2 is 2.17 bits per heavy atom. The third-order valence-corrected chi connectivity index (χ3v) is 3.32. The number of hydrogen-bond donors (Lipinski definition) is 1. The molecule has 2 rings (SSSR count). The number of nitrogens with two attached hydrogens (primary N) is 1. The van der Waals surface area contributed by atoms with Crippen molar-refractivity contribution in [2.24, 2.45) is 5.73 Å². The number of nitrogens with zero attached hydrogens (tertiary/aromatic N) is 2. The lowest BCUT2D eigenvalue weighted by atomic mass is 10.1. The van der Waals surface area contributed by atoms with Crippen LogP contribution in [0.25, 0.3) is 0 Å². The van der Waals surface area contributed by atoms with Crippen molar-refractivity contribution in [1.82, 2.24) is 9.78 Å². The van der Waals surface area contributed by atoms with Crippen LogP contribution in [0, 0.1) is 6.92 Å². The molecule has 2 aromatic rings. The summed E-state index contributed by atoms with van der Waals surface area (Å²) < 4.78 is 7.11. The summed E-state index contributed by atoms with van der Waals surface area (Å²) >= 11 is 5.97. The van der Waals surface area contributed by atoms with Gasteiger partial charge in [0, 0.05) is 5.56 Å². The molecule has 5 heteroatoms. The molecule has 0 aliphatic carbocycles. The molecule has 4 nitrogen and oxygen atoms in total. The molecule has 1 heterocycles. The summed E-state index contributed by atoms with van der Waals surface area (Å²) in [6, 6.07) is 7.55. The fraction of sp³-hybridized carbons (Fsp3) is 0.308. The summed E-state index contributed by atoms with van der Waals surface area (Å²) in [5, 5.41) is 4.86. The van der Waals surface area contributed by atoms with Gasteiger partial charge in [-0.3, -0.25) is 4.68 Å². The van der Waals surface area contributed by atoms with Crippen molar-refractivity contribution in [2.45, 2.75) is 19.5 Å². The van der Waals surface area contributed by atoms with Gasteiger partial charge in [0.1, 0.15) is 5.75 Å². The summed E-state index contributed by atoms with van der Waals surface area (Å²) in [7, 11) is 1.64. The molecule has 1 aromatic carbocycles. The maximum Gasteiger partial charge on any atom is 0.123 e. The van der Waals surface area contributed by atoms with E-state index < -0.39 is 0 Å². The first-order chi connectivity index (χ1) is 8.63. The van der Waals surface area contributed by atoms with Crippen molar-refractivity contribution in [1.29, 1.82) is 0 Å². The average molecular weight is 266 g/mol. The minimum absolute atomic E-state index is 0.184. The molecule has 0 aliphatic heterocycles. The van der Waals surface area contributed by atoms with Crippen molar-refractivity contribution in [3.05, 3.63) is 46.7 Å². The van der Waals surface area contributed by atoms with E-state index in [0.717, 1.165) is 17.0 Å². The molecule has 0 spiro atoms. The number of methoxy groups -OCH3 is 1. The third-order valence-electron chi connectivity index (χ3n) is 2.95. The van der Waals surface area contributed by atoms with Crippen LogP contribution in [0.4, 0.5) is 0 Å². The van der Waals surface area contributed by atoms with E-state index in [1.807, 2.05) is 31.2 Å². The van der Waals surface area contributed by atoms with Crippen LogP contribution < -0.4 is 10.5 Å². The first kappa shape index (κ1) is 12.9. The lowest BCUT2D eigenvalue weighted by Gasteiger charge is -2.16. The number of benzene rings is 1. The molecule has 96 valence electrons. The van der Waals surface area contributed by atoms with Crippen molar-refractivity contribution >= 4 is 11.6 Å². The highest BCUT2D eigenvalue weighted by Gasteiger charge is 2.14. The first-order valence-electron chi connectivity index (χ1n) is 5.70. The highest BCUT2D eigenvalue weighted by atomic mass is 35.5. The van der Waals surface area contributed by atoms with E-state index in [4.69, 9.17) is 22.1 Å². The molecular weight excluding hydrogens is 250 g/mol. The number of aromatic nitrogens is 2. The van der Waals surface area contributed by atoms with Gasteiger partial charge >= 0.3 is 0 Å². The highest BCUT2D eigenvalue weighted by Crippen LogP contribution is 2.25. The molecule has 0 bridgehead atoms. The van der Waals surface area contributed by atoms with Crippen LogP contribution in [0.5, 0.6) is 5.75 Å². The predicted octanol–water partition coefficient (Wildman–Crippen LogP) is 2.55. The van der Waals surface area contributed by atoms with Crippen LogP contribution >= 0.6 is 11.6 Å². The SMILES string of the molecule is COc1ccccc1C(N)Cn1ncc(Cl)c1C. The zero-order chi connectivity index (χ0) is 13.1. The van der Waals surface area contributed by atoms with Gasteiger partial charge in [-0.15, -0.1) is 0 Å². The Labute approximate surface area is 111 Å². The third kappa shape index (κ3) is 2.49. The molecule has 1 unspecified atom stereocenters. The van der Waals surface area contributed by atoms with Crippen LogP contribution in [0.15, 0.2) is 30.5 Å². The fourth-order valence-corrected chi connectivity index (χ4v) is 2.01. The Morgan fingerprint density at radius 1 is 1.44 bits per heavy atom. The van der Waals surface area contributed by atoms with E-state index in [1.165, 1.54) is 0 Å². The molecule has 0 aliphatic rings. The summed E-state index contributed by atoms with van der Waals surface area (Å²) in [6.07, 6.45) is 1.63. The monoisotopic (exact) mass is 265 g/mol. The molecule has 0 saturated heterocycles. The zero-order valence-electron chi connectivity index (χ0n) is 10.4. The summed E-state index contributed by atoms with van der Waals surface area (Å²) in [4.78, 5) is 0. The van der Waals surface area contributed by atoms with Gasteiger partial charge in [-0.1, -0.05) is 29.8 Å². The fourth-order valence-electron chi connectivity index (χ4n) is 1.87. The number of hydrogen-bond acceptors (Lipinski definition) is 3. The molecule has 0 amide bonds. The summed E-state index contributed by atoms with van der Waals surface area (Å²) in [5.41, 5.74) is 8.08. The topological polar surface area (TPSA) is 53.1 Å². The van der Waals surface area contributed by atoms with E-state index in [0.29, 0.717) is 11.6 Å². The van der Waals surface area contributed by atoms with Gasteiger partial charge in [0.25, 0.3) is 0 Å². The second kappa shape index (κ2) is 5.42. The molecule has 0 radical (unpaired) electrons. The first-order valence-corrected chi connectivity index (χ1v) is 6.07. The highest BCUT2D eigenvalue weighted by molar-refractivity contribution is 6.31. The van der Waals surface area contributed by atoms with Crippen molar-refractivity contribution in [2.75, 3.05) is 7.11 Å². The van der Waals surface area contributed by atoms with Gasteiger partial charge in [-0.05, 0) is 13.0 Å². The van der Waals surface area contributed by atoms with Crippen LogP contribution in [0.1, 0.15) is 17.3 Å². The summed E-state index contributed by atoms with van der Waals surface area (Å²) in [5.74, 6) is 0.793. The number of halogens is 1. The Bertz CT molecular complexity index is 539. The van der Waals surface area contributed by atoms with E-state index >= 15 is 0 Å². The molecule has 0 fully saturated rings. The number of ether oxygens (including phenoxy) is 1. The van der Waals surface area contributed by atoms with Gasteiger partial charge in [-0.25, -0.2) is 0 Å². The smallest absolute Gasteiger partial charge is 0.123 e. The molecular formula is C13H16ClN3O. The van der Waals surface area contributed by atoms with Crippen LogP contribution in [-0.4, -0.2) is 16.9 Å². The predicted molar refractivity (Wildman–Crippen MR) is 71.9 cm³/mol. The second-order valence-corrected chi connectivity index (χ2v) is 4.52. The number of rotatable bonds is 4. The van der Waals surface area contributed by atoms with Crippen molar-refractivity contribution < 1.29 is 4.74 Å². The lowest BCUT2D eigenvalue weighted by Crippen LogP contribution is -2.19. The van der Waals surface area contributed by atoms with E-state index in [9.17, 15) is 0 Å². The quantitative estimate of drug-likeness (QED) is 0.924. The normalized spacial score (nSPS) is 12.4. The largest absolute Gasteiger partial charge is 0.496 e. The zero-order valence-corrected chi connectivity index (χ0v) is 11.2. The van der Waals surface area contributed by atoms with Gasteiger partial charge in [0.2, 0.25) is 0 Å². The molecule has 2 N–H and O–H groups in total. The van der Waals surface area contributed by atoms with E-state index in [-0.39, 0.29) is 6.04 Å². The standard InChI is InChI=1S/C13H16ClN3O/c1-9-11(14)7-16-17(9)8-12(15)10-5-3-4-6-13(10)18-2/h3-7,12H,8,15H2,1-2H3. The number of para-hydroxylation sites is 1. The molecule has 0 saturated carbocycles. The lowest BCUT2D eigenvalue weighted by molar-refractivity contribution is 0.400. The van der Waals surface area contributed by atoms with Gasteiger partial charge in [-0.2, -0.15) is 5.10 Å². The Kier molecular flexibility index (Phi) is 3.89. The molecule has 1 aromatic heterocycles. The van der Waals surface area contributed by atoms with E-state index in [1.54, 1.807) is 18.0 Å². The van der Waals surface area contributed by atoms with Crippen LogP contribution in [-0.2, 0) is 6.54 Å². The van der Waals surface area contributed by atoms with Gasteiger partial charge < -0.3 is 10.5 Å². The van der Waals surface area contributed by atoms with Crippen LogP contribution in [0.2, 0.25) is 5.02 Å². The Morgan fingerprint density at radius 3 is 2.78 bits per heavy atom. The summed E-state index contributed by atoms with van der Waals surface area (Å²) in [6.45, 7) is 2.49. The van der Waals surface area contributed by atoms with Crippen molar-refractivity contribution in [3.8, 4) is 5.75 Å². The van der Waals surface area contributed by atoms with E-state index in [2.05, 4.69) is 5.10 Å². The second-order valence-electron chi connectivity index (χ2n) is 4.11. The molecule has 18 heavy (non-hydrogen) atoms. The average Bonchev–Trinajstić information content (AvgIpc) is 2.70. The minimum atomic E-state index is -0.184. The Hall–Kier alpha value is -1.52. The maximum atomic E-state index is 6.20. The van der Waals surface area contributed by atoms with Crippen LogP contribution in [0.3, 0.4) is 0 Å². The Balaban J connectivity index is 2.22. The van der Waals surface area contributed by atoms with Crippen molar-refractivity contribution in [3.63, 3.8) is 0 Å².